The molecule has 1 aromatic carbocycles. The molecule has 1 heterocycles. The molecule has 0 atom stereocenters. The molecule has 0 bridgehead atoms. The summed E-state index contributed by atoms with van der Waals surface area (Å²) in [7, 11) is 0. The van der Waals surface area contributed by atoms with Gasteiger partial charge in [0.1, 0.15) is 0 Å². The molecule has 0 aliphatic carbocycles. The number of thiazole rings is 1. The summed E-state index contributed by atoms with van der Waals surface area (Å²) < 4.78 is 0. The first-order chi connectivity index (χ1) is 9.13. The van der Waals surface area contributed by atoms with Gasteiger partial charge in [0.25, 0.3) is 0 Å². The average molecular weight is 291 g/mol. The summed E-state index contributed by atoms with van der Waals surface area (Å²) in [5.74, 6) is 0.864. The molecule has 5 heteroatoms. The highest BCUT2D eigenvalue weighted by Gasteiger charge is 2.01. The fraction of sp³-hybridized carbons (Fsp3) is 0.286. The van der Waals surface area contributed by atoms with Gasteiger partial charge in [-0.05, 0) is 24.5 Å². The number of thioether (sulfide) groups is 1. The maximum absolute atomic E-state index is 7.16. The highest BCUT2D eigenvalue weighted by atomic mass is 32.2. The van der Waals surface area contributed by atoms with E-state index in [1.165, 1.54) is 27.8 Å². The van der Waals surface area contributed by atoms with Crippen LogP contribution in [0.3, 0.4) is 0 Å². The van der Waals surface area contributed by atoms with Crippen molar-refractivity contribution in [2.75, 3.05) is 5.75 Å². The third kappa shape index (κ3) is 4.69. The second-order valence-electron chi connectivity index (χ2n) is 4.30. The lowest BCUT2D eigenvalue weighted by Crippen LogP contribution is -2.05. The molecule has 0 unspecified atom stereocenters. The number of nitrogens with one attached hydrogen (secondary N) is 1. The maximum Gasteiger partial charge on any atom is 0.151 e. The van der Waals surface area contributed by atoms with Crippen molar-refractivity contribution >= 4 is 28.3 Å². The van der Waals surface area contributed by atoms with E-state index in [0.717, 1.165) is 23.6 Å². The van der Waals surface area contributed by atoms with Gasteiger partial charge in [0.2, 0.25) is 0 Å². The van der Waals surface area contributed by atoms with E-state index in [9.17, 15) is 0 Å². The molecule has 0 aliphatic heterocycles. The normalized spacial score (nSPS) is 10.6. The Bertz CT molecular complexity index is 546. The van der Waals surface area contributed by atoms with Crippen LogP contribution >= 0.6 is 23.1 Å². The van der Waals surface area contributed by atoms with Crippen molar-refractivity contribution in [3.05, 3.63) is 51.5 Å². The molecule has 0 amide bonds. The number of nitrogens with zero attached hydrogens (tertiary/aromatic N) is 1. The first-order valence-corrected chi connectivity index (χ1v) is 7.89. The monoisotopic (exact) mass is 291 g/mol. The molecule has 2 rings (SSSR count). The van der Waals surface area contributed by atoms with Crippen LogP contribution in [0, 0.1) is 12.3 Å². The van der Waals surface area contributed by atoms with Gasteiger partial charge in [0.15, 0.2) is 5.17 Å². The van der Waals surface area contributed by atoms with Gasteiger partial charge in [-0.1, -0.05) is 36.0 Å². The van der Waals surface area contributed by atoms with Crippen molar-refractivity contribution < 1.29 is 0 Å². The fourth-order valence-electron chi connectivity index (χ4n) is 1.79. The van der Waals surface area contributed by atoms with Crippen LogP contribution in [0.15, 0.2) is 30.5 Å². The van der Waals surface area contributed by atoms with Crippen LogP contribution in [0.1, 0.15) is 21.0 Å². The summed E-state index contributed by atoms with van der Waals surface area (Å²) in [4.78, 5) is 5.57. The maximum atomic E-state index is 7.16. The number of amidine groups is 1. The summed E-state index contributed by atoms with van der Waals surface area (Å²) in [6.07, 6.45) is 3.86. The zero-order chi connectivity index (χ0) is 13.7. The van der Waals surface area contributed by atoms with Crippen molar-refractivity contribution in [2.24, 2.45) is 5.73 Å². The van der Waals surface area contributed by atoms with Gasteiger partial charge in [-0.15, -0.1) is 11.3 Å². The lowest BCUT2D eigenvalue weighted by molar-refractivity contribution is 1.14. The zero-order valence-electron chi connectivity index (χ0n) is 10.8. The van der Waals surface area contributed by atoms with Crippen molar-refractivity contribution in [2.45, 2.75) is 19.8 Å². The largest absolute Gasteiger partial charge is 0.379 e. The Morgan fingerprint density at radius 1 is 1.32 bits per heavy atom. The van der Waals surface area contributed by atoms with E-state index in [2.05, 4.69) is 29.2 Å². The molecule has 2 aromatic rings. The molecule has 0 saturated heterocycles. The highest BCUT2D eigenvalue weighted by Crippen LogP contribution is 2.17. The van der Waals surface area contributed by atoms with E-state index in [1.807, 2.05) is 13.1 Å². The molecule has 0 saturated carbocycles. The first-order valence-electron chi connectivity index (χ1n) is 6.09. The van der Waals surface area contributed by atoms with Gasteiger partial charge in [0, 0.05) is 23.2 Å². The molecule has 3 N–H and O–H groups in total. The summed E-state index contributed by atoms with van der Waals surface area (Å²) in [5, 5.41) is 8.47. The summed E-state index contributed by atoms with van der Waals surface area (Å²) >= 11 is 3.14. The van der Waals surface area contributed by atoms with E-state index >= 15 is 0 Å². The average Bonchev–Trinajstić information content (AvgIpc) is 2.77. The molecule has 100 valence electrons. The summed E-state index contributed by atoms with van der Waals surface area (Å²) in [6, 6.07) is 8.65. The van der Waals surface area contributed by atoms with Gasteiger partial charge in [-0.3, -0.25) is 5.41 Å². The highest BCUT2D eigenvalue weighted by molar-refractivity contribution is 8.13. The molecular weight excluding hydrogens is 274 g/mol. The number of aromatic nitrogens is 1. The minimum atomic E-state index is 0.192. The number of benzene rings is 1. The second kappa shape index (κ2) is 6.73. The third-order valence-electron chi connectivity index (χ3n) is 2.72. The lowest BCUT2D eigenvalue weighted by Gasteiger charge is -2.03. The van der Waals surface area contributed by atoms with Gasteiger partial charge >= 0.3 is 0 Å². The van der Waals surface area contributed by atoms with Crippen LogP contribution < -0.4 is 5.73 Å². The zero-order valence-corrected chi connectivity index (χ0v) is 12.5. The van der Waals surface area contributed by atoms with Crippen molar-refractivity contribution in [3.8, 4) is 0 Å². The Balaban J connectivity index is 1.89. The molecule has 0 radical (unpaired) electrons. The molecule has 0 fully saturated rings. The van der Waals surface area contributed by atoms with E-state index in [1.54, 1.807) is 11.3 Å². The molecule has 3 nitrogen and oxygen atoms in total. The Morgan fingerprint density at radius 3 is 2.58 bits per heavy atom. The molecule has 0 aliphatic rings. The Kier molecular flexibility index (Phi) is 4.99. The minimum absolute atomic E-state index is 0.192. The predicted molar refractivity (Wildman–Crippen MR) is 84.2 cm³/mol. The predicted octanol–water partition coefficient (Wildman–Crippen LogP) is 3.21. The Morgan fingerprint density at radius 2 is 2.00 bits per heavy atom. The Hall–Kier alpha value is -1.33. The van der Waals surface area contributed by atoms with Crippen LogP contribution in [0.5, 0.6) is 0 Å². The number of hydrogen-bond acceptors (Lipinski definition) is 4. The standard InChI is InChI=1S/C14H17N3S2/c1-10-17-9-13(19-10)8-12-4-2-11(3-5-12)6-7-18-14(15)16/h2-5,9H,6-8H2,1H3,(H3,15,16). The minimum Gasteiger partial charge on any atom is -0.379 e. The third-order valence-corrected chi connectivity index (χ3v) is 4.35. The van der Waals surface area contributed by atoms with Crippen molar-refractivity contribution in [1.82, 2.24) is 4.98 Å². The second-order valence-corrected chi connectivity index (χ2v) is 6.76. The number of nitrogens with two attached hydrogens (primary N) is 1. The van der Waals surface area contributed by atoms with E-state index in [4.69, 9.17) is 11.1 Å². The Labute approximate surface area is 121 Å². The van der Waals surface area contributed by atoms with Gasteiger partial charge in [0.05, 0.1) is 5.01 Å². The summed E-state index contributed by atoms with van der Waals surface area (Å²) in [5.41, 5.74) is 7.91. The van der Waals surface area contributed by atoms with E-state index in [0.29, 0.717) is 0 Å². The van der Waals surface area contributed by atoms with Gasteiger partial charge in [-0.25, -0.2) is 4.98 Å². The van der Waals surface area contributed by atoms with Crippen LogP contribution in [0.25, 0.3) is 0 Å². The van der Waals surface area contributed by atoms with Gasteiger partial charge in [-0.2, -0.15) is 0 Å². The number of aryl methyl sites for hydroxylation is 2. The van der Waals surface area contributed by atoms with Crippen molar-refractivity contribution in [3.63, 3.8) is 0 Å². The molecule has 1 aromatic heterocycles. The van der Waals surface area contributed by atoms with Crippen LogP contribution in [0.4, 0.5) is 0 Å². The quantitative estimate of drug-likeness (QED) is 0.657. The fourth-order valence-corrected chi connectivity index (χ4v) is 3.18. The molecular formula is C14H17N3S2. The lowest BCUT2D eigenvalue weighted by atomic mass is 10.1. The van der Waals surface area contributed by atoms with Crippen molar-refractivity contribution in [1.29, 1.82) is 5.41 Å². The molecule has 19 heavy (non-hydrogen) atoms. The molecule has 0 spiro atoms. The SMILES string of the molecule is Cc1ncc(Cc2ccc(CCSC(=N)N)cc2)s1. The van der Waals surface area contributed by atoms with Crippen LogP contribution in [-0.2, 0) is 12.8 Å². The summed E-state index contributed by atoms with van der Waals surface area (Å²) in [6.45, 7) is 2.03. The number of rotatable bonds is 5. The van der Waals surface area contributed by atoms with Crippen LogP contribution in [-0.4, -0.2) is 15.9 Å². The van der Waals surface area contributed by atoms with E-state index in [-0.39, 0.29) is 5.17 Å². The van der Waals surface area contributed by atoms with E-state index < -0.39 is 0 Å². The topological polar surface area (TPSA) is 62.8 Å². The number of hydrogen-bond donors (Lipinski definition) is 2. The first kappa shape index (κ1) is 14.1. The van der Waals surface area contributed by atoms with Gasteiger partial charge < -0.3 is 5.73 Å². The smallest absolute Gasteiger partial charge is 0.151 e. The van der Waals surface area contributed by atoms with Crippen LogP contribution in [0.2, 0.25) is 0 Å².